The molecule has 4 heteroatoms. The molecule has 0 aliphatic carbocycles. The van der Waals surface area contributed by atoms with Gasteiger partial charge in [0.05, 0.1) is 12.7 Å². The Hall–Kier alpha value is -1.10. The van der Waals surface area contributed by atoms with E-state index in [0.717, 1.165) is 31.0 Å². The van der Waals surface area contributed by atoms with Crippen molar-refractivity contribution in [3.05, 3.63) is 29.8 Å². The molecule has 1 N–H and O–H groups in total. The van der Waals surface area contributed by atoms with Gasteiger partial charge in [-0.05, 0) is 38.5 Å². The normalized spacial score (nSPS) is 21.9. The predicted molar refractivity (Wildman–Crippen MR) is 79.0 cm³/mol. The van der Waals surface area contributed by atoms with Crippen LogP contribution in [0.3, 0.4) is 0 Å². The minimum atomic E-state index is -0.471. The lowest BCUT2D eigenvalue weighted by Crippen LogP contribution is -2.47. The molecule has 1 aliphatic heterocycles. The number of morpholine rings is 1. The molecule has 1 saturated heterocycles. The first-order valence-electron chi connectivity index (χ1n) is 7.32. The number of hydrogen-bond donors (Lipinski definition) is 1. The highest BCUT2D eigenvalue weighted by Gasteiger charge is 2.22. The summed E-state index contributed by atoms with van der Waals surface area (Å²) in [6.07, 6.45) is -0.359. The van der Waals surface area contributed by atoms with Gasteiger partial charge in [-0.1, -0.05) is 12.1 Å². The number of benzene rings is 1. The monoisotopic (exact) mass is 279 g/mol. The third kappa shape index (κ3) is 4.20. The van der Waals surface area contributed by atoms with Gasteiger partial charge in [0.2, 0.25) is 0 Å². The molecule has 1 heterocycles. The Morgan fingerprint density at radius 3 is 2.90 bits per heavy atom. The van der Waals surface area contributed by atoms with Gasteiger partial charge >= 0.3 is 0 Å². The van der Waals surface area contributed by atoms with Crippen LogP contribution in [0.15, 0.2) is 24.3 Å². The van der Waals surface area contributed by atoms with Crippen LogP contribution in [0.2, 0.25) is 0 Å². The Morgan fingerprint density at radius 1 is 1.40 bits per heavy atom. The van der Waals surface area contributed by atoms with E-state index in [9.17, 15) is 5.11 Å². The van der Waals surface area contributed by atoms with E-state index >= 15 is 0 Å². The summed E-state index contributed by atoms with van der Waals surface area (Å²) in [6, 6.07) is 8.14. The summed E-state index contributed by atoms with van der Waals surface area (Å²) < 4.78 is 11.5. The second-order valence-electron chi connectivity index (χ2n) is 5.64. The van der Waals surface area contributed by atoms with Crippen LogP contribution in [-0.4, -0.2) is 48.5 Å². The third-order valence-electron chi connectivity index (χ3n) is 3.68. The molecule has 1 fully saturated rings. The summed E-state index contributed by atoms with van der Waals surface area (Å²) >= 11 is 0. The second kappa shape index (κ2) is 7.07. The first-order valence-corrected chi connectivity index (χ1v) is 7.32. The number of nitrogens with zero attached hydrogens (tertiary/aromatic N) is 1. The Morgan fingerprint density at radius 2 is 2.20 bits per heavy atom. The van der Waals surface area contributed by atoms with Gasteiger partial charge in [0, 0.05) is 19.1 Å². The van der Waals surface area contributed by atoms with E-state index in [4.69, 9.17) is 9.47 Å². The largest absolute Gasteiger partial charge is 0.491 e. The van der Waals surface area contributed by atoms with Crippen LogP contribution in [0.5, 0.6) is 5.75 Å². The van der Waals surface area contributed by atoms with Gasteiger partial charge in [-0.15, -0.1) is 0 Å². The van der Waals surface area contributed by atoms with Crippen molar-refractivity contribution in [1.82, 2.24) is 4.90 Å². The van der Waals surface area contributed by atoms with Crippen molar-refractivity contribution in [2.45, 2.75) is 39.0 Å². The molecule has 0 spiro atoms. The minimum Gasteiger partial charge on any atom is -0.491 e. The molecular formula is C16H25NO3. The standard InChI is InChI=1S/C16H25NO3/c1-12(2)17-7-8-19-16(10-17)11-20-15-6-4-5-14(9-15)13(3)18/h4-6,9,12-13,16,18H,7-8,10-11H2,1-3H3. The number of aliphatic hydroxyl groups excluding tert-OH is 1. The van der Waals surface area contributed by atoms with Crippen molar-refractivity contribution in [1.29, 1.82) is 0 Å². The maximum absolute atomic E-state index is 9.57. The first-order chi connectivity index (χ1) is 9.56. The Labute approximate surface area is 121 Å². The molecule has 0 bridgehead atoms. The van der Waals surface area contributed by atoms with E-state index in [-0.39, 0.29) is 6.10 Å². The zero-order chi connectivity index (χ0) is 14.5. The van der Waals surface area contributed by atoms with E-state index < -0.39 is 6.10 Å². The molecule has 2 unspecified atom stereocenters. The molecule has 2 atom stereocenters. The first kappa shape index (κ1) is 15.3. The Bertz CT molecular complexity index is 420. The van der Waals surface area contributed by atoms with Crippen LogP contribution < -0.4 is 4.74 Å². The summed E-state index contributed by atoms with van der Waals surface area (Å²) in [5, 5.41) is 9.57. The third-order valence-corrected chi connectivity index (χ3v) is 3.68. The van der Waals surface area contributed by atoms with Gasteiger partial charge in [0.25, 0.3) is 0 Å². The Balaban J connectivity index is 1.87. The minimum absolute atomic E-state index is 0.112. The number of rotatable bonds is 5. The smallest absolute Gasteiger partial charge is 0.119 e. The summed E-state index contributed by atoms with van der Waals surface area (Å²) in [6.45, 7) is 9.38. The van der Waals surface area contributed by atoms with Crippen LogP contribution in [0.1, 0.15) is 32.4 Å². The van der Waals surface area contributed by atoms with Crippen LogP contribution in [0.25, 0.3) is 0 Å². The van der Waals surface area contributed by atoms with Gasteiger partial charge in [-0.25, -0.2) is 0 Å². The molecule has 1 aliphatic rings. The van der Waals surface area contributed by atoms with Gasteiger partial charge in [0.1, 0.15) is 18.5 Å². The molecule has 1 aromatic carbocycles. The fourth-order valence-corrected chi connectivity index (χ4v) is 2.37. The van der Waals surface area contributed by atoms with Gasteiger partial charge in [-0.3, -0.25) is 4.90 Å². The lowest BCUT2D eigenvalue weighted by Gasteiger charge is -2.35. The lowest BCUT2D eigenvalue weighted by atomic mass is 10.1. The fourth-order valence-electron chi connectivity index (χ4n) is 2.37. The summed E-state index contributed by atoms with van der Waals surface area (Å²) in [5.41, 5.74) is 0.871. The van der Waals surface area contributed by atoms with Crippen LogP contribution in [0.4, 0.5) is 0 Å². The van der Waals surface area contributed by atoms with E-state index in [1.54, 1.807) is 6.92 Å². The van der Waals surface area contributed by atoms with Gasteiger partial charge in [-0.2, -0.15) is 0 Å². The molecular weight excluding hydrogens is 254 g/mol. The average Bonchev–Trinajstić information content (AvgIpc) is 2.45. The average molecular weight is 279 g/mol. The molecule has 0 aromatic heterocycles. The molecule has 0 amide bonds. The highest BCUT2D eigenvalue weighted by Crippen LogP contribution is 2.19. The SMILES string of the molecule is CC(O)c1cccc(OCC2CN(C(C)C)CCO2)c1. The molecule has 2 rings (SSSR count). The lowest BCUT2D eigenvalue weighted by molar-refractivity contribution is -0.0564. The molecule has 0 radical (unpaired) electrons. The Kier molecular flexibility index (Phi) is 5.40. The van der Waals surface area contributed by atoms with Crippen LogP contribution >= 0.6 is 0 Å². The maximum atomic E-state index is 9.57. The van der Waals surface area contributed by atoms with Crippen LogP contribution in [0, 0.1) is 0 Å². The second-order valence-corrected chi connectivity index (χ2v) is 5.64. The van der Waals surface area contributed by atoms with Crippen molar-refractivity contribution < 1.29 is 14.6 Å². The van der Waals surface area contributed by atoms with Crippen molar-refractivity contribution >= 4 is 0 Å². The molecule has 4 nitrogen and oxygen atoms in total. The predicted octanol–water partition coefficient (Wildman–Crippen LogP) is 2.23. The van der Waals surface area contributed by atoms with Crippen molar-refractivity contribution in [3.63, 3.8) is 0 Å². The quantitative estimate of drug-likeness (QED) is 0.897. The van der Waals surface area contributed by atoms with Crippen molar-refractivity contribution in [2.75, 3.05) is 26.3 Å². The molecule has 112 valence electrons. The fraction of sp³-hybridized carbons (Fsp3) is 0.625. The highest BCUT2D eigenvalue weighted by molar-refractivity contribution is 5.29. The van der Waals surface area contributed by atoms with E-state index in [2.05, 4.69) is 18.7 Å². The molecule has 20 heavy (non-hydrogen) atoms. The van der Waals surface area contributed by atoms with E-state index in [1.807, 2.05) is 24.3 Å². The van der Waals surface area contributed by atoms with Gasteiger partial charge in [0.15, 0.2) is 0 Å². The van der Waals surface area contributed by atoms with Crippen LogP contribution in [-0.2, 0) is 4.74 Å². The zero-order valence-corrected chi connectivity index (χ0v) is 12.6. The van der Waals surface area contributed by atoms with E-state index in [0.29, 0.717) is 12.6 Å². The zero-order valence-electron chi connectivity index (χ0n) is 12.6. The summed E-state index contributed by atoms with van der Waals surface area (Å²) in [7, 11) is 0. The summed E-state index contributed by atoms with van der Waals surface area (Å²) in [5.74, 6) is 0.786. The maximum Gasteiger partial charge on any atom is 0.119 e. The number of hydrogen-bond acceptors (Lipinski definition) is 4. The van der Waals surface area contributed by atoms with Crippen molar-refractivity contribution in [3.8, 4) is 5.75 Å². The topological polar surface area (TPSA) is 41.9 Å². The highest BCUT2D eigenvalue weighted by atomic mass is 16.5. The van der Waals surface area contributed by atoms with Gasteiger partial charge < -0.3 is 14.6 Å². The molecule has 1 aromatic rings. The van der Waals surface area contributed by atoms with Crippen molar-refractivity contribution in [2.24, 2.45) is 0 Å². The molecule has 0 saturated carbocycles. The number of aliphatic hydroxyl groups is 1. The van der Waals surface area contributed by atoms with E-state index in [1.165, 1.54) is 0 Å². The summed E-state index contributed by atoms with van der Waals surface area (Å²) in [4.78, 5) is 2.41. The number of ether oxygens (including phenoxy) is 2.